The quantitative estimate of drug-likeness (QED) is 0.341. The van der Waals surface area contributed by atoms with Gasteiger partial charge in [0.1, 0.15) is 18.1 Å². The Kier molecular flexibility index (Phi) is 10.1. The lowest BCUT2D eigenvalue weighted by molar-refractivity contribution is -0.143. The molecule has 4 unspecified atom stereocenters. The van der Waals surface area contributed by atoms with Gasteiger partial charge in [-0.3, -0.25) is 14.4 Å². The summed E-state index contributed by atoms with van der Waals surface area (Å²) < 4.78 is 0. The average molecular weight is 435 g/mol. The maximum absolute atomic E-state index is 12.8. The second-order valence-corrected chi connectivity index (χ2v) is 8.32. The van der Waals surface area contributed by atoms with Gasteiger partial charge in [-0.25, -0.2) is 4.79 Å². The highest BCUT2D eigenvalue weighted by atomic mass is 16.4. The molecule has 9 nitrogen and oxygen atoms in total. The van der Waals surface area contributed by atoms with Crippen molar-refractivity contribution in [1.29, 1.82) is 0 Å². The van der Waals surface area contributed by atoms with Crippen LogP contribution in [-0.4, -0.2) is 53.0 Å². The molecular formula is C22H34N4O5. The Morgan fingerprint density at radius 1 is 0.839 bits per heavy atom. The molecule has 0 aromatic heterocycles. The Balaban J connectivity index is 2.95. The number of nitrogens with two attached hydrogens (primary N) is 1. The van der Waals surface area contributed by atoms with Crippen LogP contribution >= 0.6 is 0 Å². The maximum atomic E-state index is 12.8. The van der Waals surface area contributed by atoms with Crippen LogP contribution in [0, 0.1) is 11.8 Å². The molecule has 0 aliphatic rings. The summed E-state index contributed by atoms with van der Waals surface area (Å²) in [5.74, 6) is -3.25. The van der Waals surface area contributed by atoms with Gasteiger partial charge in [-0.2, -0.15) is 0 Å². The van der Waals surface area contributed by atoms with E-state index in [9.17, 15) is 24.3 Å². The fourth-order valence-corrected chi connectivity index (χ4v) is 2.80. The first-order valence-electron chi connectivity index (χ1n) is 10.4. The van der Waals surface area contributed by atoms with E-state index >= 15 is 0 Å². The van der Waals surface area contributed by atoms with Crippen LogP contribution in [0.1, 0.15) is 40.2 Å². The van der Waals surface area contributed by atoms with Crippen LogP contribution in [0.5, 0.6) is 0 Å². The van der Waals surface area contributed by atoms with Gasteiger partial charge in [-0.15, -0.1) is 0 Å². The SMILES string of the molecule is CC(NC(=O)C(N)C(C)C)C(=O)NC(Cc1ccccc1)C(=O)NC(C(=O)O)C(C)C. The van der Waals surface area contributed by atoms with E-state index in [0.29, 0.717) is 0 Å². The standard InChI is InChI=1S/C22H34N4O5/c1-12(2)17(23)21(29)24-14(5)19(27)25-16(11-15-9-7-6-8-10-15)20(28)26-18(13(3)4)22(30)31/h6-10,12-14,16-18H,11,23H2,1-5H3,(H,24,29)(H,25,27)(H,26,28)(H,30,31). The van der Waals surface area contributed by atoms with E-state index in [0.717, 1.165) is 5.56 Å². The molecule has 0 radical (unpaired) electrons. The maximum Gasteiger partial charge on any atom is 0.326 e. The third-order valence-electron chi connectivity index (χ3n) is 4.92. The van der Waals surface area contributed by atoms with E-state index in [4.69, 9.17) is 5.73 Å². The molecule has 0 heterocycles. The zero-order chi connectivity index (χ0) is 23.7. The lowest BCUT2D eigenvalue weighted by Crippen LogP contribution is -2.57. The predicted molar refractivity (Wildman–Crippen MR) is 117 cm³/mol. The minimum Gasteiger partial charge on any atom is -0.480 e. The van der Waals surface area contributed by atoms with Gasteiger partial charge in [0.2, 0.25) is 17.7 Å². The van der Waals surface area contributed by atoms with Crippen LogP contribution in [0.15, 0.2) is 30.3 Å². The molecule has 0 saturated carbocycles. The van der Waals surface area contributed by atoms with Crippen molar-refractivity contribution in [1.82, 2.24) is 16.0 Å². The van der Waals surface area contributed by atoms with Crippen LogP contribution in [0.4, 0.5) is 0 Å². The second kappa shape index (κ2) is 12.0. The molecule has 0 spiro atoms. The molecule has 0 saturated heterocycles. The summed E-state index contributed by atoms with van der Waals surface area (Å²) in [7, 11) is 0. The van der Waals surface area contributed by atoms with Gasteiger partial charge in [0.25, 0.3) is 0 Å². The number of rotatable bonds is 11. The molecule has 31 heavy (non-hydrogen) atoms. The topological polar surface area (TPSA) is 151 Å². The fourth-order valence-electron chi connectivity index (χ4n) is 2.80. The van der Waals surface area contributed by atoms with Crippen molar-refractivity contribution in [3.05, 3.63) is 35.9 Å². The molecular weight excluding hydrogens is 400 g/mol. The molecule has 0 aliphatic heterocycles. The molecule has 0 aliphatic carbocycles. The molecule has 3 amide bonds. The van der Waals surface area contributed by atoms with Gasteiger partial charge in [-0.05, 0) is 24.3 Å². The molecule has 4 atom stereocenters. The first-order valence-corrected chi connectivity index (χ1v) is 10.4. The highest BCUT2D eigenvalue weighted by molar-refractivity contribution is 5.94. The van der Waals surface area contributed by atoms with E-state index in [-0.39, 0.29) is 18.3 Å². The third-order valence-corrected chi connectivity index (χ3v) is 4.92. The average Bonchev–Trinajstić information content (AvgIpc) is 2.70. The molecule has 9 heteroatoms. The smallest absolute Gasteiger partial charge is 0.326 e. The molecule has 0 fully saturated rings. The number of carbonyl (C=O) groups is 4. The number of amides is 3. The number of nitrogens with one attached hydrogen (secondary N) is 3. The van der Waals surface area contributed by atoms with Crippen LogP contribution < -0.4 is 21.7 Å². The lowest BCUT2D eigenvalue weighted by atomic mass is 10.0. The number of carboxylic acids is 1. The Hall–Kier alpha value is -2.94. The molecule has 1 rings (SSSR count). The fraction of sp³-hybridized carbons (Fsp3) is 0.545. The van der Waals surface area contributed by atoms with E-state index in [1.807, 2.05) is 6.07 Å². The van der Waals surface area contributed by atoms with Crippen molar-refractivity contribution in [3.63, 3.8) is 0 Å². The summed E-state index contributed by atoms with van der Waals surface area (Å²) in [6.45, 7) is 8.44. The lowest BCUT2D eigenvalue weighted by Gasteiger charge is -2.25. The van der Waals surface area contributed by atoms with Gasteiger partial charge in [0.15, 0.2) is 0 Å². The number of carboxylic acid groups (broad SMARTS) is 1. The Morgan fingerprint density at radius 3 is 1.90 bits per heavy atom. The molecule has 0 bridgehead atoms. The Labute approximate surface area is 183 Å². The van der Waals surface area contributed by atoms with Gasteiger partial charge in [-0.1, -0.05) is 58.0 Å². The predicted octanol–water partition coefficient (Wildman–Crippen LogP) is 0.427. The van der Waals surface area contributed by atoms with Gasteiger partial charge >= 0.3 is 5.97 Å². The van der Waals surface area contributed by atoms with Crippen molar-refractivity contribution in [3.8, 4) is 0 Å². The van der Waals surface area contributed by atoms with Crippen molar-refractivity contribution < 1.29 is 24.3 Å². The number of aliphatic carboxylic acids is 1. The molecule has 1 aromatic carbocycles. The Morgan fingerprint density at radius 2 is 1.42 bits per heavy atom. The zero-order valence-electron chi connectivity index (χ0n) is 18.7. The summed E-state index contributed by atoms with van der Waals surface area (Å²) >= 11 is 0. The van der Waals surface area contributed by atoms with Crippen LogP contribution in [0.25, 0.3) is 0 Å². The van der Waals surface area contributed by atoms with Gasteiger partial charge < -0.3 is 26.8 Å². The largest absolute Gasteiger partial charge is 0.480 e. The molecule has 6 N–H and O–H groups in total. The normalized spacial score (nSPS) is 15.0. The van der Waals surface area contributed by atoms with E-state index in [1.165, 1.54) is 6.92 Å². The highest BCUT2D eigenvalue weighted by Gasteiger charge is 2.30. The summed E-state index contributed by atoms with van der Waals surface area (Å²) in [4.78, 5) is 49.1. The van der Waals surface area contributed by atoms with Crippen molar-refractivity contribution in [2.45, 2.75) is 65.2 Å². The minimum absolute atomic E-state index is 0.101. The summed E-state index contributed by atoms with van der Waals surface area (Å²) in [6.07, 6.45) is 0.162. The first-order chi connectivity index (χ1) is 14.4. The molecule has 1 aromatic rings. The van der Waals surface area contributed by atoms with E-state index in [1.54, 1.807) is 52.0 Å². The minimum atomic E-state index is -1.16. The van der Waals surface area contributed by atoms with E-state index in [2.05, 4.69) is 16.0 Å². The van der Waals surface area contributed by atoms with Crippen LogP contribution in [0.2, 0.25) is 0 Å². The summed E-state index contributed by atoms with van der Waals surface area (Å²) in [6, 6.07) is 5.23. The van der Waals surface area contributed by atoms with E-state index < -0.39 is 47.9 Å². The van der Waals surface area contributed by atoms with Gasteiger partial charge in [0, 0.05) is 6.42 Å². The number of hydrogen-bond donors (Lipinski definition) is 5. The first kappa shape index (κ1) is 26.1. The summed E-state index contributed by atoms with van der Waals surface area (Å²) in [5.41, 5.74) is 6.60. The van der Waals surface area contributed by atoms with Crippen LogP contribution in [-0.2, 0) is 25.6 Å². The number of carbonyl (C=O) groups excluding carboxylic acids is 3. The second-order valence-electron chi connectivity index (χ2n) is 8.32. The van der Waals surface area contributed by atoms with Crippen LogP contribution in [0.3, 0.4) is 0 Å². The van der Waals surface area contributed by atoms with Crippen molar-refractivity contribution in [2.24, 2.45) is 17.6 Å². The molecule has 172 valence electrons. The Bertz CT molecular complexity index is 766. The number of hydrogen-bond acceptors (Lipinski definition) is 5. The third kappa shape index (κ3) is 8.37. The van der Waals surface area contributed by atoms with Gasteiger partial charge in [0.05, 0.1) is 6.04 Å². The number of benzene rings is 1. The summed E-state index contributed by atoms with van der Waals surface area (Å²) in [5, 5.41) is 17.0. The monoisotopic (exact) mass is 434 g/mol. The highest BCUT2D eigenvalue weighted by Crippen LogP contribution is 2.07. The zero-order valence-corrected chi connectivity index (χ0v) is 18.7. The van der Waals surface area contributed by atoms with Crippen molar-refractivity contribution >= 4 is 23.7 Å². The van der Waals surface area contributed by atoms with Crippen molar-refractivity contribution in [2.75, 3.05) is 0 Å².